The van der Waals surface area contributed by atoms with E-state index in [0.29, 0.717) is 18.7 Å². The molecule has 0 radical (unpaired) electrons. The van der Waals surface area contributed by atoms with E-state index in [1.54, 1.807) is 12.1 Å². The Morgan fingerprint density at radius 1 is 1.24 bits per heavy atom. The lowest BCUT2D eigenvalue weighted by Crippen LogP contribution is -2.25. The van der Waals surface area contributed by atoms with Crippen molar-refractivity contribution in [2.24, 2.45) is 0 Å². The molecule has 1 amide bonds. The van der Waals surface area contributed by atoms with Crippen LogP contribution in [0.15, 0.2) is 12.1 Å². The molecule has 0 saturated heterocycles. The molecule has 1 heterocycles. The van der Waals surface area contributed by atoms with Gasteiger partial charge in [-0.15, -0.1) is 0 Å². The van der Waals surface area contributed by atoms with Gasteiger partial charge in [-0.1, -0.05) is 13.3 Å². The molecule has 0 aliphatic carbocycles. The summed E-state index contributed by atoms with van der Waals surface area (Å²) in [4.78, 5) is 16.4. The van der Waals surface area contributed by atoms with Crippen LogP contribution in [0.3, 0.4) is 0 Å². The van der Waals surface area contributed by atoms with Crippen LogP contribution < -0.4 is 10.6 Å². The third kappa shape index (κ3) is 7.09. The highest BCUT2D eigenvalue weighted by Crippen LogP contribution is 2.10. The molecule has 0 aromatic carbocycles. The summed E-state index contributed by atoms with van der Waals surface area (Å²) in [6.45, 7) is 8.94. The maximum Gasteiger partial charge on any atom is 0.251 e. The second kappa shape index (κ2) is 10.2. The normalized spacial score (nSPS) is 10.4. The van der Waals surface area contributed by atoms with E-state index in [1.165, 1.54) is 0 Å². The van der Waals surface area contributed by atoms with E-state index >= 15 is 0 Å². The number of carbonyl (C=O) groups excluding carboxylic acids is 1. The fourth-order valence-electron chi connectivity index (χ4n) is 1.90. The summed E-state index contributed by atoms with van der Waals surface area (Å²) in [5.41, 5.74) is 1.48. The summed E-state index contributed by atoms with van der Waals surface area (Å²) in [6.07, 6.45) is 3.07. The molecule has 1 aromatic heterocycles. The third-order valence-corrected chi connectivity index (χ3v) is 2.97. The molecule has 0 spiro atoms. The van der Waals surface area contributed by atoms with E-state index < -0.39 is 0 Å². The number of aromatic nitrogens is 1. The zero-order valence-corrected chi connectivity index (χ0v) is 13.4. The number of amides is 1. The van der Waals surface area contributed by atoms with Crippen molar-refractivity contribution in [1.82, 2.24) is 10.3 Å². The van der Waals surface area contributed by atoms with Crippen molar-refractivity contribution in [2.45, 2.75) is 40.0 Å². The molecule has 0 unspecified atom stereocenters. The van der Waals surface area contributed by atoms with Crippen molar-refractivity contribution in [1.29, 1.82) is 0 Å². The van der Waals surface area contributed by atoms with Crippen LogP contribution >= 0.6 is 0 Å². The van der Waals surface area contributed by atoms with Crippen molar-refractivity contribution in [2.75, 3.05) is 31.6 Å². The second-order valence-corrected chi connectivity index (χ2v) is 4.99. The maximum atomic E-state index is 12.1. The minimum absolute atomic E-state index is 0.0618. The van der Waals surface area contributed by atoms with Crippen LogP contribution in [0.1, 0.15) is 49.2 Å². The van der Waals surface area contributed by atoms with Gasteiger partial charge in [-0.25, -0.2) is 4.98 Å². The van der Waals surface area contributed by atoms with Crippen molar-refractivity contribution in [3.8, 4) is 0 Å². The van der Waals surface area contributed by atoms with Gasteiger partial charge in [0.2, 0.25) is 0 Å². The minimum atomic E-state index is -0.0618. The number of aryl methyl sites for hydroxylation is 1. The first-order valence-electron chi connectivity index (χ1n) is 7.75. The summed E-state index contributed by atoms with van der Waals surface area (Å²) in [5.74, 6) is 0.679. The molecule has 1 aromatic rings. The van der Waals surface area contributed by atoms with Crippen molar-refractivity contribution >= 4 is 11.7 Å². The first-order chi connectivity index (χ1) is 10.2. The highest BCUT2D eigenvalue weighted by atomic mass is 16.5. The molecule has 0 saturated carbocycles. The Balaban J connectivity index is 2.34. The average molecular weight is 293 g/mol. The molecular weight excluding hydrogens is 266 g/mol. The van der Waals surface area contributed by atoms with Gasteiger partial charge in [0.05, 0.1) is 0 Å². The summed E-state index contributed by atoms with van der Waals surface area (Å²) < 4.78 is 5.46. The Labute approximate surface area is 127 Å². The quantitative estimate of drug-likeness (QED) is 0.651. The summed E-state index contributed by atoms with van der Waals surface area (Å²) in [6, 6.07) is 3.58. The Morgan fingerprint density at radius 3 is 2.71 bits per heavy atom. The molecule has 118 valence electrons. The predicted molar refractivity (Wildman–Crippen MR) is 85.8 cm³/mol. The van der Waals surface area contributed by atoms with Gasteiger partial charge in [-0.05, 0) is 38.8 Å². The molecule has 5 heteroatoms. The summed E-state index contributed by atoms with van der Waals surface area (Å²) in [7, 11) is 0. The number of ether oxygens (including phenoxy) is 1. The van der Waals surface area contributed by atoms with Crippen LogP contribution in [0.25, 0.3) is 0 Å². The van der Waals surface area contributed by atoms with Crippen LogP contribution in [-0.2, 0) is 4.74 Å². The van der Waals surface area contributed by atoms with Crippen LogP contribution in [0, 0.1) is 6.92 Å². The fourth-order valence-corrected chi connectivity index (χ4v) is 1.90. The lowest BCUT2D eigenvalue weighted by Gasteiger charge is -2.09. The highest BCUT2D eigenvalue weighted by Gasteiger charge is 2.07. The van der Waals surface area contributed by atoms with E-state index in [1.807, 2.05) is 13.8 Å². The fraction of sp³-hybridized carbons (Fsp3) is 0.625. The van der Waals surface area contributed by atoms with Crippen molar-refractivity contribution in [3.05, 3.63) is 23.4 Å². The van der Waals surface area contributed by atoms with Gasteiger partial charge in [0.1, 0.15) is 5.82 Å². The van der Waals surface area contributed by atoms with Crippen LogP contribution in [-0.4, -0.2) is 37.2 Å². The zero-order valence-electron chi connectivity index (χ0n) is 13.4. The number of rotatable bonds is 10. The summed E-state index contributed by atoms with van der Waals surface area (Å²) in [5, 5.41) is 6.04. The number of nitrogens with zero attached hydrogens (tertiary/aromatic N) is 1. The van der Waals surface area contributed by atoms with E-state index in [4.69, 9.17) is 4.74 Å². The number of anilines is 1. The van der Waals surface area contributed by atoms with Gasteiger partial charge in [0.25, 0.3) is 5.91 Å². The monoisotopic (exact) mass is 293 g/mol. The van der Waals surface area contributed by atoms with Gasteiger partial charge in [-0.2, -0.15) is 0 Å². The SMILES string of the molecule is CCCCOCCCNC(=O)c1cc(C)nc(NCC)c1. The smallest absolute Gasteiger partial charge is 0.251 e. The molecule has 0 aliphatic rings. The van der Waals surface area contributed by atoms with Crippen molar-refractivity contribution < 1.29 is 9.53 Å². The van der Waals surface area contributed by atoms with E-state index in [9.17, 15) is 4.79 Å². The first-order valence-corrected chi connectivity index (χ1v) is 7.75. The van der Waals surface area contributed by atoms with Crippen LogP contribution in [0.5, 0.6) is 0 Å². The Kier molecular flexibility index (Phi) is 8.43. The number of hydrogen-bond donors (Lipinski definition) is 2. The Bertz CT molecular complexity index is 436. The van der Waals surface area contributed by atoms with Crippen LogP contribution in [0.4, 0.5) is 5.82 Å². The lowest BCUT2D eigenvalue weighted by atomic mass is 10.2. The number of carbonyl (C=O) groups is 1. The predicted octanol–water partition coefficient (Wildman–Crippen LogP) is 2.76. The van der Waals surface area contributed by atoms with Gasteiger partial charge in [0.15, 0.2) is 0 Å². The van der Waals surface area contributed by atoms with E-state index in [-0.39, 0.29) is 5.91 Å². The zero-order chi connectivity index (χ0) is 15.5. The molecule has 0 fully saturated rings. The van der Waals surface area contributed by atoms with E-state index in [0.717, 1.165) is 43.9 Å². The topological polar surface area (TPSA) is 63.2 Å². The molecular formula is C16H27N3O2. The molecule has 1 rings (SSSR count). The molecule has 2 N–H and O–H groups in total. The van der Waals surface area contributed by atoms with Crippen LogP contribution in [0.2, 0.25) is 0 Å². The minimum Gasteiger partial charge on any atom is -0.381 e. The second-order valence-electron chi connectivity index (χ2n) is 4.99. The molecule has 21 heavy (non-hydrogen) atoms. The lowest BCUT2D eigenvalue weighted by molar-refractivity contribution is 0.0940. The third-order valence-electron chi connectivity index (χ3n) is 2.97. The van der Waals surface area contributed by atoms with Gasteiger partial charge in [-0.3, -0.25) is 4.79 Å². The number of hydrogen-bond acceptors (Lipinski definition) is 4. The molecule has 5 nitrogen and oxygen atoms in total. The van der Waals surface area contributed by atoms with Gasteiger partial charge < -0.3 is 15.4 Å². The standard InChI is InChI=1S/C16H27N3O2/c1-4-6-9-21-10-7-8-18-16(20)14-11-13(3)19-15(12-14)17-5-2/h11-12H,4-10H2,1-3H3,(H,17,19)(H,18,20). The number of unbranched alkanes of at least 4 members (excludes halogenated alkanes) is 1. The molecule has 0 atom stereocenters. The Hall–Kier alpha value is -1.62. The van der Waals surface area contributed by atoms with E-state index in [2.05, 4.69) is 22.5 Å². The number of nitrogens with one attached hydrogen (secondary N) is 2. The largest absolute Gasteiger partial charge is 0.381 e. The number of pyridine rings is 1. The first kappa shape index (κ1) is 17.4. The average Bonchev–Trinajstić information content (AvgIpc) is 2.46. The van der Waals surface area contributed by atoms with Gasteiger partial charge in [0, 0.05) is 37.6 Å². The maximum absolute atomic E-state index is 12.1. The van der Waals surface area contributed by atoms with Crippen molar-refractivity contribution in [3.63, 3.8) is 0 Å². The Morgan fingerprint density at radius 2 is 2.00 bits per heavy atom. The highest BCUT2D eigenvalue weighted by molar-refractivity contribution is 5.94. The molecule has 0 aliphatic heterocycles. The summed E-state index contributed by atoms with van der Waals surface area (Å²) >= 11 is 0. The molecule has 0 bridgehead atoms. The van der Waals surface area contributed by atoms with Gasteiger partial charge >= 0.3 is 0 Å².